The third-order valence-corrected chi connectivity index (χ3v) is 6.80. The Labute approximate surface area is 182 Å². The largest absolute Gasteiger partial charge is 0.336 e. The van der Waals surface area contributed by atoms with Crippen LogP contribution in [0.25, 0.3) is 5.57 Å². The molecule has 0 spiro atoms. The highest BCUT2D eigenvalue weighted by atomic mass is 35.5. The SMILES string of the molecule is O=C1C(c2ccc(Cl)cc2)=C(N2CCCc3ccccc32)C(=O)N1C1CCCCC1. The molecular formula is C25H25ClN2O2. The van der Waals surface area contributed by atoms with Gasteiger partial charge in [-0.15, -0.1) is 0 Å². The summed E-state index contributed by atoms with van der Waals surface area (Å²) in [5.74, 6) is -0.305. The number of benzene rings is 2. The van der Waals surface area contributed by atoms with Gasteiger partial charge in [0.2, 0.25) is 0 Å². The van der Waals surface area contributed by atoms with E-state index in [9.17, 15) is 9.59 Å². The van der Waals surface area contributed by atoms with Crippen molar-refractivity contribution >= 4 is 34.7 Å². The number of carbonyl (C=O) groups is 2. The lowest BCUT2D eigenvalue weighted by Crippen LogP contribution is -2.44. The van der Waals surface area contributed by atoms with E-state index in [1.807, 2.05) is 24.3 Å². The van der Waals surface area contributed by atoms with Gasteiger partial charge >= 0.3 is 0 Å². The van der Waals surface area contributed by atoms with Crippen LogP contribution in [0.1, 0.15) is 49.7 Å². The number of imide groups is 1. The number of aryl methyl sites for hydroxylation is 1. The lowest BCUT2D eigenvalue weighted by Gasteiger charge is -2.33. The molecule has 2 aromatic rings. The van der Waals surface area contributed by atoms with Gasteiger partial charge in [-0.3, -0.25) is 14.5 Å². The first-order valence-electron chi connectivity index (χ1n) is 10.9. The molecule has 0 aromatic heterocycles. The van der Waals surface area contributed by atoms with Crippen molar-refractivity contribution in [1.82, 2.24) is 4.90 Å². The molecule has 0 saturated heterocycles. The van der Waals surface area contributed by atoms with Gasteiger partial charge < -0.3 is 4.90 Å². The van der Waals surface area contributed by atoms with Crippen molar-refractivity contribution in [3.05, 3.63) is 70.4 Å². The minimum absolute atomic E-state index is 0.00131. The average molecular weight is 421 g/mol. The Balaban J connectivity index is 1.64. The summed E-state index contributed by atoms with van der Waals surface area (Å²) in [6.45, 7) is 0.737. The van der Waals surface area contributed by atoms with Crippen molar-refractivity contribution in [3.63, 3.8) is 0 Å². The lowest BCUT2D eigenvalue weighted by atomic mass is 9.94. The first-order chi connectivity index (χ1) is 14.6. The second-order valence-electron chi connectivity index (χ2n) is 8.39. The van der Waals surface area contributed by atoms with Gasteiger partial charge in [-0.1, -0.05) is 61.2 Å². The summed E-state index contributed by atoms with van der Waals surface area (Å²) in [6.07, 6.45) is 7.06. The molecule has 0 atom stereocenters. The number of nitrogens with zero attached hydrogens (tertiary/aromatic N) is 2. The summed E-state index contributed by atoms with van der Waals surface area (Å²) in [5, 5.41) is 0.616. The van der Waals surface area contributed by atoms with Crippen LogP contribution in [0.2, 0.25) is 5.02 Å². The van der Waals surface area contributed by atoms with E-state index in [2.05, 4.69) is 17.0 Å². The zero-order chi connectivity index (χ0) is 20.7. The molecule has 1 fully saturated rings. The molecule has 5 rings (SSSR count). The summed E-state index contributed by atoms with van der Waals surface area (Å²) in [4.78, 5) is 31.0. The summed E-state index contributed by atoms with van der Waals surface area (Å²) in [7, 11) is 0. The van der Waals surface area contributed by atoms with Gasteiger partial charge in [0.25, 0.3) is 11.8 Å². The molecule has 1 aliphatic carbocycles. The van der Waals surface area contributed by atoms with E-state index in [-0.39, 0.29) is 17.9 Å². The molecule has 4 nitrogen and oxygen atoms in total. The lowest BCUT2D eigenvalue weighted by molar-refractivity contribution is -0.140. The van der Waals surface area contributed by atoms with Gasteiger partial charge in [-0.05, 0) is 55.0 Å². The fraction of sp³-hybridized carbons (Fsp3) is 0.360. The Bertz CT molecular complexity index is 1020. The number of hydrogen-bond donors (Lipinski definition) is 0. The fourth-order valence-corrected chi connectivity index (χ4v) is 5.22. The number of amides is 2. The van der Waals surface area contributed by atoms with Gasteiger partial charge in [0.1, 0.15) is 5.70 Å². The summed E-state index contributed by atoms with van der Waals surface area (Å²) in [6, 6.07) is 15.5. The van der Waals surface area contributed by atoms with Crippen LogP contribution in [0.4, 0.5) is 5.69 Å². The second-order valence-corrected chi connectivity index (χ2v) is 8.82. The van der Waals surface area contributed by atoms with Crippen molar-refractivity contribution < 1.29 is 9.59 Å². The van der Waals surface area contributed by atoms with Crippen LogP contribution < -0.4 is 4.90 Å². The van der Waals surface area contributed by atoms with Crippen LogP contribution in [0.15, 0.2) is 54.2 Å². The number of para-hydroxylation sites is 1. The van der Waals surface area contributed by atoms with Crippen molar-refractivity contribution in [1.29, 1.82) is 0 Å². The molecule has 0 unspecified atom stereocenters. The molecule has 2 heterocycles. The van der Waals surface area contributed by atoms with Crippen molar-refractivity contribution in [2.75, 3.05) is 11.4 Å². The van der Waals surface area contributed by atoms with Gasteiger partial charge in [0.15, 0.2) is 0 Å². The topological polar surface area (TPSA) is 40.6 Å². The predicted octanol–water partition coefficient (Wildman–Crippen LogP) is 5.21. The monoisotopic (exact) mass is 420 g/mol. The highest BCUT2D eigenvalue weighted by Crippen LogP contribution is 2.40. The molecule has 0 radical (unpaired) electrons. The maximum absolute atomic E-state index is 13.8. The van der Waals surface area contributed by atoms with E-state index < -0.39 is 0 Å². The standard InChI is InChI=1S/C25H25ClN2O2/c26-19-14-12-18(13-15-19)22-23(27-16-6-8-17-7-4-5-11-21(17)27)25(30)28(24(22)29)20-9-2-1-3-10-20/h4-5,7,11-15,20H,1-3,6,8-10,16H2. The highest BCUT2D eigenvalue weighted by molar-refractivity contribution is 6.37. The van der Waals surface area contributed by atoms with E-state index in [4.69, 9.17) is 11.6 Å². The molecule has 1 saturated carbocycles. The predicted molar refractivity (Wildman–Crippen MR) is 119 cm³/mol. The Hall–Kier alpha value is -2.59. The van der Waals surface area contributed by atoms with E-state index in [1.54, 1.807) is 17.0 Å². The third-order valence-electron chi connectivity index (χ3n) is 6.54. The summed E-state index contributed by atoms with van der Waals surface area (Å²) < 4.78 is 0. The van der Waals surface area contributed by atoms with Crippen LogP contribution in [-0.2, 0) is 16.0 Å². The Kier molecular flexibility index (Phi) is 5.11. The minimum Gasteiger partial charge on any atom is -0.336 e. The molecule has 5 heteroatoms. The fourth-order valence-electron chi connectivity index (χ4n) is 5.10. The number of anilines is 1. The van der Waals surface area contributed by atoms with Gasteiger partial charge in [0.05, 0.1) is 5.57 Å². The quantitative estimate of drug-likeness (QED) is 0.640. The number of fused-ring (bicyclic) bond motifs is 1. The number of halogens is 1. The molecule has 0 bridgehead atoms. The number of rotatable bonds is 3. The highest BCUT2D eigenvalue weighted by Gasteiger charge is 2.45. The summed E-state index contributed by atoms with van der Waals surface area (Å²) in [5.41, 5.74) is 4.06. The first-order valence-corrected chi connectivity index (χ1v) is 11.3. The molecule has 30 heavy (non-hydrogen) atoms. The molecule has 2 aromatic carbocycles. The smallest absolute Gasteiger partial charge is 0.278 e. The van der Waals surface area contributed by atoms with E-state index in [0.717, 1.165) is 56.3 Å². The maximum atomic E-state index is 13.8. The molecule has 2 amide bonds. The van der Waals surface area contributed by atoms with Crippen LogP contribution in [0, 0.1) is 0 Å². The zero-order valence-electron chi connectivity index (χ0n) is 16.9. The second kappa shape index (κ2) is 7.92. The molecule has 2 aliphatic heterocycles. The van der Waals surface area contributed by atoms with Crippen LogP contribution in [0.3, 0.4) is 0 Å². The first kappa shape index (κ1) is 19.4. The molecule has 154 valence electrons. The molecule has 0 N–H and O–H groups in total. The van der Waals surface area contributed by atoms with E-state index >= 15 is 0 Å². The van der Waals surface area contributed by atoms with Crippen LogP contribution >= 0.6 is 11.6 Å². The number of carbonyl (C=O) groups excluding carboxylic acids is 2. The maximum Gasteiger partial charge on any atom is 0.278 e. The van der Waals surface area contributed by atoms with Crippen LogP contribution in [0.5, 0.6) is 0 Å². The molecular weight excluding hydrogens is 396 g/mol. The van der Waals surface area contributed by atoms with E-state index in [0.29, 0.717) is 16.3 Å². The van der Waals surface area contributed by atoms with Gasteiger partial charge in [0, 0.05) is 23.3 Å². The average Bonchev–Trinajstić information content (AvgIpc) is 3.04. The normalized spacial score (nSPS) is 20.2. The third kappa shape index (κ3) is 3.24. The van der Waals surface area contributed by atoms with E-state index in [1.165, 1.54) is 12.0 Å². The van der Waals surface area contributed by atoms with Crippen molar-refractivity contribution in [3.8, 4) is 0 Å². The van der Waals surface area contributed by atoms with Gasteiger partial charge in [-0.25, -0.2) is 0 Å². The Morgan fingerprint density at radius 2 is 1.57 bits per heavy atom. The van der Waals surface area contributed by atoms with Gasteiger partial charge in [-0.2, -0.15) is 0 Å². The van der Waals surface area contributed by atoms with Crippen molar-refractivity contribution in [2.24, 2.45) is 0 Å². The zero-order valence-corrected chi connectivity index (χ0v) is 17.7. The minimum atomic E-state index is -0.160. The molecule has 3 aliphatic rings. The Morgan fingerprint density at radius 3 is 2.33 bits per heavy atom. The van der Waals surface area contributed by atoms with Crippen molar-refractivity contribution in [2.45, 2.75) is 51.0 Å². The Morgan fingerprint density at radius 1 is 0.833 bits per heavy atom. The summed E-state index contributed by atoms with van der Waals surface area (Å²) >= 11 is 6.10. The van der Waals surface area contributed by atoms with Crippen LogP contribution in [-0.4, -0.2) is 29.3 Å². The number of hydrogen-bond acceptors (Lipinski definition) is 3.